The molecule has 0 bridgehead atoms. The lowest BCUT2D eigenvalue weighted by Gasteiger charge is -2.32. The van der Waals surface area contributed by atoms with Gasteiger partial charge in [-0.3, -0.25) is 0 Å². The molecule has 3 unspecified atom stereocenters. The van der Waals surface area contributed by atoms with Gasteiger partial charge in [-0.05, 0) is 38.0 Å². The molecule has 3 rings (SSSR count). The van der Waals surface area contributed by atoms with Crippen LogP contribution in [0, 0.1) is 11.8 Å². The van der Waals surface area contributed by atoms with Crippen molar-refractivity contribution in [3.05, 3.63) is 12.4 Å². The minimum absolute atomic E-state index is 0.582. The number of hydrogen-bond donors (Lipinski definition) is 0. The molecule has 0 saturated carbocycles. The lowest BCUT2D eigenvalue weighted by Crippen LogP contribution is -2.35. The molecule has 0 spiro atoms. The second-order valence-corrected chi connectivity index (χ2v) is 6.63. The van der Waals surface area contributed by atoms with Gasteiger partial charge in [0.15, 0.2) is 0 Å². The normalized spacial score (nSPS) is 30.9. The van der Waals surface area contributed by atoms with Gasteiger partial charge in [0, 0.05) is 31.7 Å². The van der Waals surface area contributed by atoms with E-state index >= 15 is 0 Å². The van der Waals surface area contributed by atoms with Crippen molar-refractivity contribution in [1.82, 2.24) is 9.97 Å². The van der Waals surface area contributed by atoms with Gasteiger partial charge in [0.05, 0.1) is 0 Å². The predicted octanol–water partition coefficient (Wildman–Crippen LogP) is 2.95. The molecular weight excluding hydrogens is 248 g/mol. The monoisotopic (exact) mass is 274 g/mol. The summed E-state index contributed by atoms with van der Waals surface area (Å²) in [6.07, 6.45) is 5.62. The van der Waals surface area contributed by atoms with Gasteiger partial charge in [-0.25, -0.2) is 9.97 Å². The van der Waals surface area contributed by atoms with Crippen molar-refractivity contribution in [3.63, 3.8) is 0 Å². The first kappa shape index (κ1) is 13.7. The highest BCUT2D eigenvalue weighted by Crippen LogP contribution is 2.30. The van der Waals surface area contributed by atoms with Crippen LogP contribution in [0.3, 0.4) is 0 Å². The molecule has 2 fully saturated rings. The highest BCUT2D eigenvalue weighted by Gasteiger charge is 2.29. The number of nitrogens with zero attached hydrogens (tertiary/aromatic N) is 4. The van der Waals surface area contributed by atoms with Crippen LogP contribution in [0.5, 0.6) is 0 Å². The molecule has 0 aromatic carbocycles. The van der Waals surface area contributed by atoms with Gasteiger partial charge in [-0.1, -0.05) is 13.8 Å². The molecule has 20 heavy (non-hydrogen) atoms. The Balaban J connectivity index is 1.79. The highest BCUT2D eigenvalue weighted by molar-refractivity contribution is 5.51. The van der Waals surface area contributed by atoms with Crippen LogP contribution in [0.2, 0.25) is 0 Å². The van der Waals surface area contributed by atoms with Gasteiger partial charge in [0.1, 0.15) is 18.0 Å². The summed E-state index contributed by atoms with van der Waals surface area (Å²) in [7, 11) is 0. The SMILES string of the molecule is CC1CCCN(c2cc(N3CCC(C)C3C)ncn2)C1. The molecule has 0 aliphatic carbocycles. The average molecular weight is 274 g/mol. The third kappa shape index (κ3) is 2.60. The maximum atomic E-state index is 4.51. The minimum Gasteiger partial charge on any atom is -0.356 e. The zero-order chi connectivity index (χ0) is 14.1. The van der Waals surface area contributed by atoms with Crippen LogP contribution < -0.4 is 9.80 Å². The fraction of sp³-hybridized carbons (Fsp3) is 0.750. The molecule has 2 saturated heterocycles. The van der Waals surface area contributed by atoms with E-state index in [2.05, 4.69) is 46.6 Å². The Labute approximate surface area is 122 Å². The fourth-order valence-corrected chi connectivity index (χ4v) is 3.48. The molecule has 0 N–H and O–H groups in total. The third-order valence-electron chi connectivity index (χ3n) is 5.05. The van der Waals surface area contributed by atoms with E-state index in [1.54, 1.807) is 6.33 Å². The first-order valence-electron chi connectivity index (χ1n) is 7.99. The van der Waals surface area contributed by atoms with Crippen molar-refractivity contribution in [1.29, 1.82) is 0 Å². The van der Waals surface area contributed by atoms with Crippen molar-refractivity contribution in [2.75, 3.05) is 29.4 Å². The van der Waals surface area contributed by atoms with Crippen LogP contribution in [0.15, 0.2) is 12.4 Å². The Morgan fingerprint density at radius 1 is 1.05 bits per heavy atom. The maximum Gasteiger partial charge on any atom is 0.134 e. The van der Waals surface area contributed by atoms with E-state index < -0.39 is 0 Å². The van der Waals surface area contributed by atoms with Gasteiger partial charge in [0.2, 0.25) is 0 Å². The first-order valence-corrected chi connectivity index (χ1v) is 7.99. The summed E-state index contributed by atoms with van der Waals surface area (Å²) in [6.45, 7) is 10.4. The summed E-state index contributed by atoms with van der Waals surface area (Å²) >= 11 is 0. The Morgan fingerprint density at radius 2 is 1.85 bits per heavy atom. The van der Waals surface area contributed by atoms with Crippen molar-refractivity contribution < 1.29 is 0 Å². The molecule has 0 amide bonds. The molecule has 2 aliphatic heterocycles. The van der Waals surface area contributed by atoms with Crippen LogP contribution in [0.1, 0.15) is 40.0 Å². The Morgan fingerprint density at radius 3 is 2.55 bits per heavy atom. The average Bonchev–Trinajstić information content (AvgIpc) is 2.79. The highest BCUT2D eigenvalue weighted by atomic mass is 15.3. The number of aromatic nitrogens is 2. The molecule has 4 heteroatoms. The number of hydrogen-bond acceptors (Lipinski definition) is 4. The maximum absolute atomic E-state index is 4.51. The van der Waals surface area contributed by atoms with Gasteiger partial charge >= 0.3 is 0 Å². The number of anilines is 2. The standard InChI is InChI=1S/C16H26N4/c1-12-5-4-7-19(10-12)15-9-16(18-11-17-15)20-8-6-13(2)14(20)3/h9,11-14H,4-8,10H2,1-3H3. The van der Waals surface area contributed by atoms with E-state index in [-0.39, 0.29) is 0 Å². The van der Waals surface area contributed by atoms with Crippen LogP contribution in [-0.2, 0) is 0 Å². The van der Waals surface area contributed by atoms with E-state index in [1.807, 2.05) is 0 Å². The van der Waals surface area contributed by atoms with Crippen LogP contribution in [0.4, 0.5) is 11.6 Å². The summed E-state index contributed by atoms with van der Waals surface area (Å²) in [5.74, 6) is 3.73. The molecule has 110 valence electrons. The van der Waals surface area contributed by atoms with Crippen LogP contribution in [-0.4, -0.2) is 35.6 Å². The van der Waals surface area contributed by atoms with E-state index in [4.69, 9.17) is 0 Å². The Hall–Kier alpha value is -1.32. The summed E-state index contributed by atoms with van der Waals surface area (Å²) in [6, 6.07) is 2.77. The molecular formula is C16H26N4. The fourth-order valence-electron chi connectivity index (χ4n) is 3.48. The summed E-state index contributed by atoms with van der Waals surface area (Å²) in [5.41, 5.74) is 0. The summed E-state index contributed by atoms with van der Waals surface area (Å²) in [4.78, 5) is 13.9. The van der Waals surface area contributed by atoms with E-state index in [0.717, 1.165) is 43.1 Å². The summed E-state index contributed by atoms with van der Waals surface area (Å²) in [5, 5.41) is 0. The van der Waals surface area contributed by atoms with E-state index in [9.17, 15) is 0 Å². The second kappa shape index (κ2) is 5.58. The summed E-state index contributed by atoms with van der Waals surface area (Å²) < 4.78 is 0. The van der Waals surface area contributed by atoms with Crippen LogP contribution in [0.25, 0.3) is 0 Å². The smallest absolute Gasteiger partial charge is 0.134 e. The number of rotatable bonds is 2. The third-order valence-corrected chi connectivity index (χ3v) is 5.05. The van der Waals surface area contributed by atoms with Crippen molar-refractivity contribution in [2.24, 2.45) is 11.8 Å². The molecule has 1 aromatic heterocycles. The predicted molar refractivity (Wildman–Crippen MR) is 83.2 cm³/mol. The molecule has 1 aromatic rings. The first-order chi connectivity index (χ1) is 9.65. The van der Waals surface area contributed by atoms with Gasteiger partial charge in [-0.2, -0.15) is 0 Å². The molecule has 4 nitrogen and oxygen atoms in total. The second-order valence-electron chi connectivity index (χ2n) is 6.63. The molecule has 0 radical (unpaired) electrons. The zero-order valence-corrected chi connectivity index (χ0v) is 12.9. The lowest BCUT2D eigenvalue weighted by atomic mass is 10.0. The van der Waals surface area contributed by atoms with E-state index in [0.29, 0.717) is 6.04 Å². The van der Waals surface area contributed by atoms with E-state index in [1.165, 1.54) is 19.3 Å². The topological polar surface area (TPSA) is 32.3 Å². The number of piperidine rings is 1. The Bertz CT molecular complexity index is 462. The van der Waals surface area contributed by atoms with Crippen molar-refractivity contribution >= 4 is 11.6 Å². The van der Waals surface area contributed by atoms with Gasteiger partial charge in [0.25, 0.3) is 0 Å². The van der Waals surface area contributed by atoms with Gasteiger partial charge < -0.3 is 9.80 Å². The van der Waals surface area contributed by atoms with Crippen molar-refractivity contribution in [2.45, 2.75) is 46.1 Å². The Kier molecular flexibility index (Phi) is 3.81. The molecule has 3 heterocycles. The molecule has 3 atom stereocenters. The van der Waals surface area contributed by atoms with Gasteiger partial charge in [-0.15, -0.1) is 0 Å². The van der Waals surface area contributed by atoms with Crippen LogP contribution >= 0.6 is 0 Å². The van der Waals surface area contributed by atoms with Crippen molar-refractivity contribution in [3.8, 4) is 0 Å². The largest absolute Gasteiger partial charge is 0.356 e. The quantitative estimate of drug-likeness (QED) is 0.830. The minimum atomic E-state index is 0.582. The lowest BCUT2D eigenvalue weighted by molar-refractivity contribution is 0.444. The zero-order valence-electron chi connectivity index (χ0n) is 12.9. The molecule has 2 aliphatic rings.